The molecule has 2 aromatic rings. The molecule has 0 atom stereocenters. The highest BCUT2D eigenvalue weighted by Crippen LogP contribution is 2.39. The summed E-state index contributed by atoms with van der Waals surface area (Å²) >= 11 is 7.28. The first-order valence-corrected chi connectivity index (χ1v) is 9.87. The van der Waals surface area contributed by atoms with Crippen LogP contribution in [0.15, 0.2) is 64.4 Å². The standard InChI is InChI=1S/C21H20ClNO3S/c1-14(2)26-13-12-23-20(24)18(15-8-10-16(22)11-9-15)19(21(23)25)27-17-6-4-3-5-7-17/h3-11,14H,12-13H2,1-2H3. The molecule has 0 radical (unpaired) electrons. The minimum absolute atomic E-state index is 0.0414. The molecule has 1 heterocycles. The van der Waals surface area contributed by atoms with Gasteiger partial charge in [0.05, 0.1) is 29.7 Å². The van der Waals surface area contributed by atoms with Crippen LogP contribution < -0.4 is 0 Å². The zero-order valence-corrected chi connectivity index (χ0v) is 16.7. The van der Waals surface area contributed by atoms with Crippen molar-refractivity contribution >= 4 is 40.8 Å². The smallest absolute Gasteiger partial charge is 0.268 e. The molecule has 2 amide bonds. The van der Waals surface area contributed by atoms with Crippen LogP contribution in [0.3, 0.4) is 0 Å². The number of nitrogens with zero attached hydrogens (tertiary/aromatic N) is 1. The zero-order chi connectivity index (χ0) is 19.4. The number of ether oxygens (including phenoxy) is 1. The molecule has 4 nitrogen and oxygen atoms in total. The number of hydrogen-bond acceptors (Lipinski definition) is 4. The largest absolute Gasteiger partial charge is 0.377 e. The van der Waals surface area contributed by atoms with Gasteiger partial charge in [-0.3, -0.25) is 14.5 Å². The number of carbonyl (C=O) groups excluding carboxylic acids is 2. The fourth-order valence-electron chi connectivity index (χ4n) is 2.71. The molecule has 0 spiro atoms. The summed E-state index contributed by atoms with van der Waals surface area (Å²) in [7, 11) is 0. The second-order valence-corrected chi connectivity index (χ2v) is 7.83. The topological polar surface area (TPSA) is 46.6 Å². The number of thioether (sulfide) groups is 1. The van der Waals surface area contributed by atoms with E-state index in [1.807, 2.05) is 44.2 Å². The van der Waals surface area contributed by atoms with Crippen LogP contribution in [-0.4, -0.2) is 36.0 Å². The van der Waals surface area contributed by atoms with Crippen LogP contribution in [-0.2, 0) is 14.3 Å². The van der Waals surface area contributed by atoms with Gasteiger partial charge >= 0.3 is 0 Å². The minimum Gasteiger partial charge on any atom is -0.377 e. The van der Waals surface area contributed by atoms with Gasteiger partial charge in [-0.1, -0.05) is 53.7 Å². The van der Waals surface area contributed by atoms with Crippen LogP contribution >= 0.6 is 23.4 Å². The first kappa shape index (κ1) is 19.7. The van der Waals surface area contributed by atoms with Crippen LogP contribution in [0.25, 0.3) is 5.57 Å². The summed E-state index contributed by atoms with van der Waals surface area (Å²) in [5.74, 6) is -0.584. The molecule has 3 rings (SSSR count). The summed E-state index contributed by atoms with van der Waals surface area (Å²) in [5, 5.41) is 0.579. The van der Waals surface area contributed by atoms with Gasteiger partial charge in [0.15, 0.2) is 0 Å². The number of hydrogen-bond donors (Lipinski definition) is 0. The van der Waals surface area contributed by atoms with E-state index >= 15 is 0 Å². The Hall–Kier alpha value is -2.08. The van der Waals surface area contributed by atoms with Crippen LogP contribution in [0.4, 0.5) is 0 Å². The van der Waals surface area contributed by atoms with E-state index in [1.165, 1.54) is 16.7 Å². The molecule has 0 aliphatic carbocycles. The minimum atomic E-state index is -0.298. The SMILES string of the molecule is CC(C)OCCN1C(=O)C(Sc2ccccc2)=C(c2ccc(Cl)cc2)C1=O. The maximum atomic E-state index is 13.0. The van der Waals surface area contributed by atoms with Gasteiger partial charge in [-0.15, -0.1) is 0 Å². The third kappa shape index (κ3) is 4.61. The molecule has 0 fully saturated rings. The summed E-state index contributed by atoms with van der Waals surface area (Å²) in [6, 6.07) is 16.5. The van der Waals surface area contributed by atoms with Gasteiger partial charge in [0, 0.05) is 9.92 Å². The van der Waals surface area contributed by atoms with Gasteiger partial charge < -0.3 is 4.74 Å². The fourth-order valence-corrected chi connectivity index (χ4v) is 3.87. The molecular weight excluding hydrogens is 382 g/mol. The van der Waals surface area contributed by atoms with Crippen molar-refractivity contribution in [2.24, 2.45) is 0 Å². The average Bonchev–Trinajstić information content (AvgIpc) is 2.87. The van der Waals surface area contributed by atoms with Gasteiger partial charge in [-0.05, 0) is 43.7 Å². The second-order valence-electron chi connectivity index (χ2n) is 6.31. The van der Waals surface area contributed by atoms with E-state index in [2.05, 4.69) is 0 Å². The molecule has 0 bridgehead atoms. The first-order chi connectivity index (χ1) is 13.0. The summed E-state index contributed by atoms with van der Waals surface area (Å²) in [6.45, 7) is 4.38. The number of halogens is 1. The highest BCUT2D eigenvalue weighted by atomic mass is 35.5. The molecule has 1 aliphatic heterocycles. The summed E-state index contributed by atoms with van der Waals surface area (Å²) < 4.78 is 5.52. The maximum absolute atomic E-state index is 13.0. The molecule has 6 heteroatoms. The lowest BCUT2D eigenvalue weighted by molar-refractivity contribution is -0.137. The molecule has 140 valence electrons. The van der Waals surface area contributed by atoms with E-state index in [4.69, 9.17) is 16.3 Å². The number of amides is 2. The predicted octanol–water partition coefficient (Wildman–Crippen LogP) is 4.64. The Morgan fingerprint density at radius 2 is 1.67 bits per heavy atom. The molecule has 1 aliphatic rings. The van der Waals surface area contributed by atoms with Gasteiger partial charge in [0.1, 0.15) is 0 Å². The van der Waals surface area contributed by atoms with Gasteiger partial charge in [0.2, 0.25) is 0 Å². The number of carbonyl (C=O) groups is 2. The van der Waals surface area contributed by atoms with Gasteiger partial charge in [0.25, 0.3) is 11.8 Å². The van der Waals surface area contributed by atoms with E-state index < -0.39 is 0 Å². The Bertz CT molecular complexity index is 863. The molecule has 0 saturated heterocycles. The quantitative estimate of drug-likeness (QED) is 0.634. The molecule has 0 N–H and O–H groups in total. The average molecular weight is 402 g/mol. The van der Waals surface area contributed by atoms with E-state index in [1.54, 1.807) is 24.3 Å². The van der Waals surface area contributed by atoms with Crippen molar-refractivity contribution in [2.75, 3.05) is 13.2 Å². The van der Waals surface area contributed by atoms with Crippen molar-refractivity contribution in [2.45, 2.75) is 24.8 Å². The van der Waals surface area contributed by atoms with Crippen LogP contribution in [0.1, 0.15) is 19.4 Å². The highest BCUT2D eigenvalue weighted by Gasteiger charge is 2.39. The normalized spacial score (nSPS) is 14.6. The second kappa shape index (κ2) is 8.74. The molecule has 0 saturated carbocycles. The van der Waals surface area contributed by atoms with E-state index in [0.717, 1.165) is 4.90 Å². The Morgan fingerprint density at radius 3 is 2.30 bits per heavy atom. The Kier molecular flexibility index (Phi) is 6.37. The lowest BCUT2D eigenvalue weighted by Gasteiger charge is -2.16. The summed E-state index contributed by atoms with van der Waals surface area (Å²) in [6.07, 6.45) is 0.0414. The lowest BCUT2D eigenvalue weighted by atomic mass is 10.1. The van der Waals surface area contributed by atoms with E-state index in [0.29, 0.717) is 27.7 Å². The van der Waals surface area contributed by atoms with E-state index in [-0.39, 0.29) is 24.5 Å². The first-order valence-electron chi connectivity index (χ1n) is 8.68. The van der Waals surface area contributed by atoms with Crippen LogP contribution in [0.2, 0.25) is 5.02 Å². The van der Waals surface area contributed by atoms with Crippen molar-refractivity contribution in [3.63, 3.8) is 0 Å². The lowest BCUT2D eigenvalue weighted by Crippen LogP contribution is -2.35. The molecule has 0 aromatic heterocycles. The van der Waals surface area contributed by atoms with Crippen molar-refractivity contribution in [3.8, 4) is 0 Å². The fraction of sp³-hybridized carbons (Fsp3) is 0.238. The Balaban J connectivity index is 1.94. The van der Waals surface area contributed by atoms with Crippen molar-refractivity contribution in [3.05, 3.63) is 70.1 Å². The number of imide groups is 1. The van der Waals surface area contributed by atoms with Crippen molar-refractivity contribution in [1.29, 1.82) is 0 Å². The predicted molar refractivity (Wildman–Crippen MR) is 108 cm³/mol. The number of rotatable bonds is 7. The number of benzene rings is 2. The highest BCUT2D eigenvalue weighted by molar-refractivity contribution is 8.04. The zero-order valence-electron chi connectivity index (χ0n) is 15.1. The molecule has 27 heavy (non-hydrogen) atoms. The monoisotopic (exact) mass is 401 g/mol. The van der Waals surface area contributed by atoms with E-state index in [9.17, 15) is 9.59 Å². The molecule has 0 unspecified atom stereocenters. The third-order valence-corrected chi connectivity index (χ3v) is 5.33. The van der Waals surface area contributed by atoms with Crippen molar-refractivity contribution < 1.29 is 14.3 Å². The maximum Gasteiger partial charge on any atom is 0.268 e. The van der Waals surface area contributed by atoms with Gasteiger partial charge in [-0.25, -0.2) is 0 Å². The Morgan fingerprint density at radius 1 is 1.00 bits per heavy atom. The summed E-state index contributed by atoms with van der Waals surface area (Å²) in [5.41, 5.74) is 1.10. The van der Waals surface area contributed by atoms with Crippen LogP contribution in [0.5, 0.6) is 0 Å². The Labute approximate surface area is 168 Å². The molecule has 2 aromatic carbocycles. The summed E-state index contributed by atoms with van der Waals surface area (Å²) in [4.78, 5) is 28.6. The van der Waals surface area contributed by atoms with Crippen molar-refractivity contribution in [1.82, 2.24) is 4.90 Å². The van der Waals surface area contributed by atoms with Crippen LogP contribution in [0, 0.1) is 0 Å². The third-order valence-electron chi connectivity index (χ3n) is 3.99. The molecular formula is C21H20ClNO3S. The van der Waals surface area contributed by atoms with Gasteiger partial charge in [-0.2, -0.15) is 0 Å².